The highest BCUT2D eigenvalue weighted by atomic mass is 32.2. The first kappa shape index (κ1) is 19.7. The quantitative estimate of drug-likeness (QED) is 0.532. The number of hydrogen-bond acceptors (Lipinski definition) is 5. The zero-order chi connectivity index (χ0) is 15.8. The van der Waals surface area contributed by atoms with Crippen molar-refractivity contribution in [2.75, 3.05) is 24.4 Å². The molecule has 6 nitrogen and oxygen atoms in total. The number of sulfonamides is 1. The third-order valence-corrected chi connectivity index (χ3v) is 5.19. The lowest BCUT2D eigenvalue weighted by molar-refractivity contribution is -0.123. The van der Waals surface area contributed by atoms with E-state index in [2.05, 4.69) is 10.0 Å². The molecule has 3 unspecified atom stereocenters. The average molecular weight is 326 g/mol. The average Bonchev–Trinajstić information content (AvgIpc) is 2.42. The molecule has 0 aromatic heterocycles. The lowest BCUT2D eigenvalue weighted by atomic mass is 10.0. The number of thioether (sulfide) groups is 1. The molecule has 0 aromatic rings. The van der Waals surface area contributed by atoms with Crippen molar-refractivity contribution >= 4 is 27.7 Å². The van der Waals surface area contributed by atoms with Crippen molar-refractivity contribution in [3.05, 3.63) is 0 Å². The predicted octanol–water partition coefficient (Wildman–Crippen LogP) is 0.181. The second-order valence-corrected chi connectivity index (χ2v) is 7.84. The highest BCUT2D eigenvalue weighted by Gasteiger charge is 2.25. The van der Waals surface area contributed by atoms with Gasteiger partial charge in [-0.1, -0.05) is 6.92 Å². The van der Waals surface area contributed by atoms with Gasteiger partial charge in [0.15, 0.2) is 0 Å². The predicted molar refractivity (Wildman–Crippen MR) is 83.2 cm³/mol. The summed E-state index contributed by atoms with van der Waals surface area (Å²) in [5.41, 5.74) is 0. The summed E-state index contributed by atoms with van der Waals surface area (Å²) in [7, 11) is -3.43. The second-order valence-electron chi connectivity index (χ2n) is 4.81. The Labute approximate surface area is 126 Å². The van der Waals surface area contributed by atoms with E-state index in [1.165, 1.54) is 6.92 Å². The second kappa shape index (κ2) is 9.59. The molecule has 0 aliphatic heterocycles. The monoisotopic (exact) mass is 326 g/mol. The van der Waals surface area contributed by atoms with Gasteiger partial charge in [-0.3, -0.25) is 4.79 Å². The number of carbonyl (C=O) groups excluding carboxylic acids is 1. The van der Waals surface area contributed by atoms with Crippen molar-refractivity contribution < 1.29 is 18.3 Å². The number of amides is 1. The Balaban J connectivity index is 4.72. The van der Waals surface area contributed by atoms with Crippen molar-refractivity contribution in [3.8, 4) is 0 Å². The van der Waals surface area contributed by atoms with Crippen molar-refractivity contribution in [2.45, 2.75) is 39.3 Å². The van der Waals surface area contributed by atoms with E-state index in [1.54, 1.807) is 18.7 Å². The Morgan fingerprint density at radius 2 is 1.95 bits per heavy atom. The van der Waals surface area contributed by atoms with Crippen molar-refractivity contribution in [1.82, 2.24) is 10.0 Å². The molecular formula is C12H26N2O4S2. The number of aliphatic hydroxyl groups is 1. The Morgan fingerprint density at radius 3 is 2.40 bits per heavy atom. The lowest BCUT2D eigenvalue weighted by Gasteiger charge is -2.23. The molecule has 0 aromatic carbocycles. The summed E-state index contributed by atoms with van der Waals surface area (Å²) in [5.74, 6) is 0.208. The highest BCUT2D eigenvalue weighted by Crippen LogP contribution is 2.06. The van der Waals surface area contributed by atoms with Gasteiger partial charge in [-0.15, -0.1) is 0 Å². The van der Waals surface area contributed by atoms with Crippen LogP contribution in [-0.4, -0.2) is 55.9 Å². The molecule has 0 aliphatic carbocycles. The Bertz CT molecular complexity index is 387. The molecule has 0 saturated carbocycles. The molecule has 0 radical (unpaired) electrons. The van der Waals surface area contributed by atoms with Gasteiger partial charge >= 0.3 is 0 Å². The zero-order valence-corrected chi connectivity index (χ0v) is 14.2. The molecule has 0 heterocycles. The maximum Gasteiger partial charge on any atom is 0.238 e. The van der Waals surface area contributed by atoms with E-state index in [0.717, 1.165) is 0 Å². The van der Waals surface area contributed by atoms with E-state index in [4.69, 9.17) is 5.11 Å². The largest absolute Gasteiger partial charge is 0.396 e. The summed E-state index contributed by atoms with van der Waals surface area (Å²) in [6.07, 6.45) is 2.34. The van der Waals surface area contributed by atoms with Crippen LogP contribution < -0.4 is 10.0 Å². The molecule has 0 aliphatic rings. The number of hydrogen-bond donors (Lipinski definition) is 3. The van der Waals surface area contributed by atoms with Gasteiger partial charge in [-0.2, -0.15) is 11.8 Å². The van der Waals surface area contributed by atoms with Gasteiger partial charge in [0.25, 0.3) is 0 Å². The minimum Gasteiger partial charge on any atom is -0.396 e. The highest BCUT2D eigenvalue weighted by molar-refractivity contribution is 7.98. The first-order valence-electron chi connectivity index (χ1n) is 6.67. The fourth-order valence-corrected chi connectivity index (χ4v) is 2.70. The Hall–Kier alpha value is -0.310. The summed E-state index contributed by atoms with van der Waals surface area (Å²) in [6, 6.07) is -0.976. The van der Waals surface area contributed by atoms with Crippen LogP contribution in [-0.2, 0) is 14.8 Å². The van der Waals surface area contributed by atoms with E-state index < -0.39 is 16.1 Å². The summed E-state index contributed by atoms with van der Waals surface area (Å²) >= 11 is 1.56. The van der Waals surface area contributed by atoms with Crippen LogP contribution in [0.25, 0.3) is 0 Å². The molecular weight excluding hydrogens is 300 g/mol. The van der Waals surface area contributed by atoms with Crippen LogP contribution in [0.3, 0.4) is 0 Å². The minimum atomic E-state index is -3.43. The maximum atomic E-state index is 12.1. The molecule has 1 amide bonds. The van der Waals surface area contributed by atoms with E-state index in [9.17, 15) is 13.2 Å². The van der Waals surface area contributed by atoms with E-state index in [-0.39, 0.29) is 30.2 Å². The van der Waals surface area contributed by atoms with Gasteiger partial charge in [0.2, 0.25) is 15.9 Å². The van der Waals surface area contributed by atoms with Gasteiger partial charge in [-0.25, -0.2) is 13.1 Å². The number of nitrogens with one attached hydrogen (secondary N) is 2. The van der Waals surface area contributed by atoms with Crippen LogP contribution in [0.15, 0.2) is 0 Å². The van der Waals surface area contributed by atoms with Crippen LogP contribution in [0.4, 0.5) is 0 Å². The summed E-state index contributed by atoms with van der Waals surface area (Å²) in [6.45, 7) is 5.11. The molecule has 3 N–H and O–H groups in total. The van der Waals surface area contributed by atoms with E-state index in [0.29, 0.717) is 12.2 Å². The van der Waals surface area contributed by atoms with Gasteiger partial charge in [0.1, 0.15) is 6.04 Å². The third kappa shape index (κ3) is 7.47. The maximum absolute atomic E-state index is 12.1. The summed E-state index contributed by atoms with van der Waals surface area (Å²) in [4.78, 5) is 12.1. The molecule has 0 spiro atoms. The topological polar surface area (TPSA) is 95.5 Å². The molecule has 0 fully saturated rings. The van der Waals surface area contributed by atoms with Crippen molar-refractivity contribution in [1.29, 1.82) is 0 Å². The molecule has 0 rings (SSSR count). The number of rotatable bonds is 10. The van der Waals surface area contributed by atoms with Crippen LogP contribution in [0.5, 0.6) is 0 Å². The Kier molecular flexibility index (Phi) is 9.45. The summed E-state index contributed by atoms with van der Waals surface area (Å²) < 4.78 is 25.7. The SMILES string of the molecule is CCS(=O)(=O)NC(CCSC)C(=O)NC(C)C(C)CO. The van der Waals surface area contributed by atoms with Crippen LogP contribution in [0, 0.1) is 5.92 Å². The van der Waals surface area contributed by atoms with E-state index in [1.807, 2.05) is 13.2 Å². The van der Waals surface area contributed by atoms with Crippen molar-refractivity contribution in [3.63, 3.8) is 0 Å². The zero-order valence-electron chi connectivity index (χ0n) is 12.5. The van der Waals surface area contributed by atoms with Gasteiger partial charge < -0.3 is 10.4 Å². The van der Waals surface area contributed by atoms with Gasteiger partial charge in [0.05, 0.1) is 5.75 Å². The van der Waals surface area contributed by atoms with Crippen LogP contribution in [0.1, 0.15) is 27.2 Å². The summed E-state index contributed by atoms with van der Waals surface area (Å²) in [5, 5.41) is 11.8. The molecule has 3 atom stereocenters. The Morgan fingerprint density at radius 1 is 1.35 bits per heavy atom. The molecule has 0 saturated heterocycles. The first-order chi connectivity index (χ1) is 9.27. The molecule has 0 bridgehead atoms. The van der Waals surface area contributed by atoms with Crippen LogP contribution in [0.2, 0.25) is 0 Å². The fraction of sp³-hybridized carbons (Fsp3) is 0.917. The molecule has 20 heavy (non-hydrogen) atoms. The van der Waals surface area contributed by atoms with E-state index >= 15 is 0 Å². The van der Waals surface area contributed by atoms with Gasteiger partial charge in [0, 0.05) is 12.6 Å². The third-order valence-electron chi connectivity index (χ3n) is 3.14. The number of aliphatic hydroxyl groups excluding tert-OH is 1. The van der Waals surface area contributed by atoms with Gasteiger partial charge in [-0.05, 0) is 38.2 Å². The van der Waals surface area contributed by atoms with Crippen molar-refractivity contribution in [2.24, 2.45) is 5.92 Å². The first-order valence-corrected chi connectivity index (χ1v) is 9.72. The number of carbonyl (C=O) groups is 1. The van der Waals surface area contributed by atoms with Crippen LogP contribution >= 0.6 is 11.8 Å². The smallest absolute Gasteiger partial charge is 0.238 e. The fourth-order valence-electron chi connectivity index (χ4n) is 1.40. The minimum absolute atomic E-state index is 0.0301. The normalized spacial score (nSPS) is 16.4. The standard InChI is InChI=1S/C12H26N2O4S2/c1-5-20(17,18)14-11(6-7-19-4)12(16)13-10(3)9(2)8-15/h9-11,14-15H,5-8H2,1-4H3,(H,13,16). The molecule has 120 valence electrons. The lowest BCUT2D eigenvalue weighted by Crippen LogP contribution is -2.51. The molecule has 8 heteroatoms.